The average Bonchev–Trinajstić information content (AvgIpc) is 2.51. The van der Waals surface area contributed by atoms with Crippen LogP contribution >= 0.6 is 0 Å². The van der Waals surface area contributed by atoms with E-state index in [0.717, 1.165) is 10.8 Å². The van der Waals surface area contributed by atoms with E-state index >= 15 is 0 Å². The molecule has 0 aliphatic rings. The molecule has 96 valence electrons. The average molecular weight is 261 g/mol. The minimum absolute atomic E-state index is 0.502. The Kier molecular flexibility index (Phi) is 3.27. The summed E-state index contributed by atoms with van der Waals surface area (Å²) in [5.74, 6) is 1.24. The number of benzene rings is 3. The summed E-state index contributed by atoms with van der Waals surface area (Å²) in [5.41, 5.74) is 0.502. The summed E-state index contributed by atoms with van der Waals surface area (Å²) in [6.45, 7) is 0. The van der Waals surface area contributed by atoms with Gasteiger partial charge in [-0.1, -0.05) is 48.5 Å². The molecule has 0 amide bonds. The van der Waals surface area contributed by atoms with E-state index in [1.807, 2.05) is 66.7 Å². The van der Waals surface area contributed by atoms with Crippen molar-refractivity contribution in [3.63, 3.8) is 0 Å². The second-order valence-electron chi connectivity index (χ2n) is 4.25. The second-order valence-corrected chi connectivity index (χ2v) is 4.25. The molecule has 3 rings (SSSR count). The van der Waals surface area contributed by atoms with Crippen LogP contribution in [0.3, 0.4) is 0 Å². The highest BCUT2D eigenvalue weighted by molar-refractivity contribution is 5.96. The van der Waals surface area contributed by atoms with Crippen LogP contribution in [0.25, 0.3) is 10.8 Å². The number of para-hydroxylation sites is 1. The van der Waals surface area contributed by atoms with Crippen LogP contribution in [0.4, 0.5) is 5.69 Å². The number of rotatable bonds is 3. The van der Waals surface area contributed by atoms with Crippen LogP contribution in [-0.2, 0) is 4.79 Å². The Hall–Kier alpha value is -2.90. The first-order valence-corrected chi connectivity index (χ1v) is 6.21. The van der Waals surface area contributed by atoms with Gasteiger partial charge in [-0.2, -0.15) is 4.99 Å². The largest absolute Gasteiger partial charge is 0.455 e. The van der Waals surface area contributed by atoms with Crippen molar-refractivity contribution in [3.8, 4) is 11.5 Å². The molecule has 0 saturated carbocycles. The van der Waals surface area contributed by atoms with Gasteiger partial charge in [-0.15, -0.1) is 0 Å². The minimum atomic E-state index is 0.502. The molecule has 0 aromatic heterocycles. The van der Waals surface area contributed by atoms with Crippen molar-refractivity contribution in [2.75, 3.05) is 0 Å². The summed E-state index contributed by atoms with van der Waals surface area (Å²) < 4.78 is 5.80. The van der Waals surface area contributed by atoms with Gasteiger partial charge in [0.2, 0.25) is 6.08 Å². The normalized spacial score (nSPS) is 10.0. The molecule has 0 aliphatic carbocycles. The Labute approximate surface area is 116 Å². The first-order valence-electron chi connectivity index (χ1n) is 6.21. The summed E-state index contributed by atoms with van der Waals surface area (Å²) in [7, 11) is 0. The molecule has 0 N–H and O–H groups in total. The Morgan fingerprint density at radius 3 is 2.40 bits per heavy atom. The Balaban J connectivity index is 2.15. The van der Waals surface area contributed by atoms with Gasteiger partial charge < -0.3 is 4.74 Å². The monoisotopic (exact) mass is 261 g/mol. The molecular weight excluding hydrogens is 250 g/mol. The lowest BCUT2D eigenvalue weighted by Crippen LogP contribution is -1.85. The Bertz CT molecular complexity index is 790. The highest BCUT2D eigenvalue weighted by atomic mass is 16.5. The lowest BCUT2D eigenvalue weighted by Gasteiger charge is -2.10. The number of nitrogens with zero attached hydrogens (tertiary/aromatic N) is 1. The van der Waals surface area contributed by atoms with Crippen molar-refractivity contribution in [1.29, 1.82) is 0 Å². The maximum atomic E-state index is 10.7. The van der Waals surface area contributed by atoms with Crippen molar-refractivity contribution in [2.45, 2.75) is 0 Å². The van der Waals surface area contributed by atoms with Crippen LogP contribution in [0.5, 0.6) is 11.5 Å². The van der Waals surface area contributed by atoms with Gasteiger partial charge in [0.15, 0.2) is 5.75 Å². The standard InChI is InChI=1S/C17H11NO2/c19-12-18-17-15-9-5-4-6-13(15)10-11-16(17)20-14-7-2-1-3-8-14/h1-11H. The van der Waals surface area contributed by atoms with E-state index in [1.165, 1.54) is 0 Å². The number of hydrogen-bond acceptors (Lipinski definition) is 3. The van der Waals surface area contributed by atoms with Gasteiger partial charge in [0.25, 0.3) is 0 Å². The summed E-state index contributed by atoms with van der Waals surface area (Å²) in [6, 6.07) is 20.9. The van der Waals surface area contributed by atoms with E-state index in [1.54, 1.807) is 6.08 Å². The van der Waals surface area contributed by atoms with Gasteiger partial charge in [0.05, 0.1) is 0 Å². The molecule has 0 radical (unpaired) electrons. The molecule has 0 fully saturated rings. The maximum absolute atomic E-state index is 10.7. The van der Waals surface area contributed by atoms with Gasteiger partial charge in [0.1, 0.15) is 11.4 Å². The summed E-state index contributed by atoms with van der Waals surface area (Å²) in [4.78, 5) is 14.5. The predicted octanol–water partition coefficient (Wildman–Crippen LogP) is 4.60. The van der Waals surface area contributed by atoms with Crippen molar-refractivity contribution in [2.24, 2.45) is 4.99 Å². The molecule has 0 heterocycles. The van der Waals surface area contributed by atoms with Gasteiger partial charge >= 0.3 is 0 Å². The molecule has 3 nitrogen and oxygen atoms in total. The SMILES string of the molecule is O=C=Nc1c(Oc2ccccc2)ccc2ccccc12. The molecule has 0 saturated heterocycles. The van der Waals surface area contributed by atoms with Crippen LogP contribution in [0, 0.1) is 0 Å². The highest BCUT2D eigenvalue weighted by Crippen LogP contribution is 2.37. The fourth-order valence-corrected chi connectivity index (χ4v) is 2.09. The Morgan fingerprint density at radius 2 is 1.60 bits per heavy atom. The van der Waals surface area contributed by atoms with E-state index < -0.39 is 0 Å². The molecule has 0 unspecified atom stereocenters. The summed E-state index contributed by atoms with van der Waals surface area (Å²) in [5, 5.41) is 1.87. The topological polar surface area (TPSA) is 38.7 Å². The van der Waals surface area contributed by atoms with Crippen LogP contribution < -0.4 is 4.74 Å². The zero-order valence-corrected chi connectivity index (χ0v) is 10.6. The van der Waals surface area contributed by atoms with E-state index in [0.29, 0.717) is 17.2 Å². The van der Waals surface area contributed by atoms with Crippen LogP contribution in [0.1, 0.15) is 0 Å². The zero-order valence-electron chi connectivity index (χ0n) is 10.6. The number of fused-ring (bicyclic) bond motifs is 1. The fourth-order valence-electron chi connectivity index (χ4n) is 2.09. The number of hydrogen-bond donors (Lipinski definition) is 0. The molecule has 20 heavy (non-hydrogen) atoms. The molecule has 0 bridgehead atoms. The van der Waals surface area contributed by atoms with Gasteiger partial charge in [-0.05, 0) is 23.6 Å². The van der Waals surface area contributed by atoms with Crippen molar-refractivity contribution in [3.05, 3.63) is 66.7 Å². The van der Waals surface area contributed by atoms with Crippen LogP contribution in [0.2, 0.25) is 0 Å². The van der Waals surface area contributed by atoms with Gasteiger partial charge in [-0.25, -0.2) is 4.79 Å². The fraction of sp³-hybridized carbons (Fsp3) is 0. The van der Waals surface area contributed by atoms with Crippen molar-refractivity contribution >= 4 is 22.5 Å². The molecule has 0 spiro atoms. The van der Waals surface area contributed by atoms with E-state index in [4.69, 9.17) is 4.74 Å². The first kappa shape index (κ1) is 12.2. The molecule has 3 aromatic rings. The number of ether oxygens (including phenoxy) is 1. The van der Waals surface area contributed by atoms with E-state index in [2.05, 4.69) is 4.99 Å². The lowest BCUT2D eigenvalue weighted by atomic mass is 10.1. The number of aliphatic imine (C=N–C) groups is 1. The number of isocyanates is 1. The van der Waals surface area contributed by atoms with Gasteiger partial charge in [0, 0.05) is 5.39 Å². The third-order valence-corrected chi connectivity index (χ3v) is 2.99. The Morgan fingerprint density at radius 1 is 0.850 bits per heavy atom. The maximum Gasteiger partial charge on any atom is 0.240 e. The van der Waals surface area contributed by atoms with E-state index in [-0.39, 0.29) is 0 Å². The van der Waals surface area contributed by atoms with Crippen molar-refractivity contribution in [1.82, 2.24) is 0 Å². The highest BCUT2D eigenvalue weighted by Gasteiger charge is 2.09. The van der Waals surface area contributed by atoms with Crippen LogP contribution in [-0.4, -0.2) is 6.08 Å². The molecule has 3 heteroatoms. The molecule has 0 atom stereocenters. The molecular formula is C17H11NO2. The second kappa shape index (κ2) is 5.39. The summed E-state index contributed by atoms with van der Waals surface area (Å²) >= 11 is 0. The van der Waals surface area contributed by atoms with Crippen molar-refractivity contribution < 1.29 is 9.53 Å². The third kappa shape index (κ3) is 2.30. The minimum Gasteiger partial charge on any atom is -0.455 e. The smallest absolute Gasteiger partial charge is 0.240 e. The quantitative estimate of drug-likeness (QED) is 0.510. The van der Waals surface area contributed by atoms with E-state index in [9.17, 15) is 4.79 Å². The third-order valence-electron chi connectivity index (χ3n) is 2.99. The molecule has 0 aliphatic heterocycles. The zero-order chi connectivity index (χ0) is 13.8. The first-order chi connectivity index (χ1) is 9.88. The summed E-state index contributed by atoms with van der Waals surface area (Å²) in [6.07, 6.45) is 1.60. The van der Waals surface area contributed by atoms with Crippen LogP contribution in [0.15, 0.2) is 71.7 Å². The number of carbonyl (C=O) groups excluding carboxylic acids is 1. The predicted molar refractivity (Wildman–Crippen MR) is 78.2 cm³/mol. The molecule has 3 aromatic carbocycles. The lowest BCUT2D eigenvalue weighted by molar-refractivity contribution is 0.484. The van der Waals surface area contributed by atoms with Gasteiger partial charge in [-0.3, -0.25) is 0 Å².